The molecule has 1 saturated heterocycles. The molecule has 10 nitrogen and oxygen atoms in total. The van der Waals surface area contributed by atoms with E-state index in [1.807, 2.05) is 4.68 Å². The minimum Gasteiger partial charge on any atom is -0.336 e. The zero-order valence-corrected chi connectivity index (χ0v) is 17.6. The maximum Gasteiger partial charge on any atom is 0.257 e. The summed E-state index contributed by atoms with van der Waals surface area (Å²) < 4.78 is 29.0. The van der Waals surface area contributed by atoms with Crippen molar-refractivity contribution in [1.82, 2.24) is 24.0 Å². The van der Waals surface area contributed by atoms with Crippen molar-refractivity contribution in [3.05, 3.63) is 23.7 Å². The van der Waals surface area contributed by atoms with Gasteiger partial charge in [0.2, 0.25) is 5.91 Å². The third-order valence-electron chi connectivity index (χ3n) is 5.10. The molecule has 4 rings (SSSR count). The van der Waals surface area contributed by atoms with Gasteiger partial charge in [-0.25, -0.2) is 13.4 Å². The molecule has 4 heterocycles. The highest BCUT2D eigenvalue weighted by Crippen LogP contribution is 2.27. The van der Waals surface area contributed by atoms with Crippen molar-refractivity contribution in [3.63, 3.8) is 0 Å². The number of thiazole rings is 1. The number of carbonyl (C=O) groups excluding carboxylic acids is 2. The van der Waals surface area contributed by atoms with Gasteiger partial charge in [-0.2, -0.15) is 9.40 Å². The van der Waals surface area contributed by atoms with E-state index in [0.29, 0.717) is 18.7 Å². The molecule has 2 aliphatic rings. The first-order valence-electron chi connectivity index (χ1n) is 9.44. The fourth-order valence-electron chi connectivity index (χ4n) is 3.62. The Kier molecular flexibility index (Phi) is 5.40. The second-order valence-corrected chi connectivity index (χ2v) is 10.2. The minimum absolute atomic E-state index is 0.0757. The summed E-state index contributed by atoms with van der Waals surface area (Å²) in [6.07, 6.45) is 5.85. The van der Waals surface area contributed by atoms with E-state index in [1.165, 1.54) is 17.4 Å². The van der Waals surface area contributed by atoms with Crippen LogP contribution in [-0.2, 0) is 27.8 Å². The molecule has 1 N–H and O–H groups in total. The van der Waals surface area contributed by atoms with Gasteiger partial charge in [-0.15, -0.1) is 0 Å². The van der Waals surface area contributed by atoms with Gasteiger partial charge in [0, 0.05) is 39.6 Å². The van der Waals surface area contributed by atoms with Crippen molar-refractivity contribution in [2.75, 3.05) is 31.5 Å². The van der Waals surface area contributed by atoms with Crippen LogP contribution in [0.15, 0.2) is 16.6 Å². The fourth-order valence-corrected chi connectivity index (χ4v) is 6.27. The molecule has 2 aliphatic heterocycles. The first kappa shape index (κ1) is 20.0. The lowest BCUT2D eigenvalue weighted by Crippen LogP contribution is -2.50. The lowest BCUT2D eigenvalue weighted by atomic mass is 10.1. The fraction of sp³-hybridized carbons (Fsp3) is 0.529. The minimum atomic E-state index is -3.71. The summed E-state index contributed by atoms with van der Waals surface area (Å²) in [5, 5.41) is 7.05. The van der Waals surface area contributed by atoms with E-state index >= 15 is 0 Å². The highest BCUT2D eigenvalue weighted by molar-refractivity contribution is 7.91. The van der Waals surface area contributed by atoms with Crippen LogP contribution in [0.1, 0.15) is 35.8 Å². The Bertz CT molecular complexity index is 1040. The number of piperazine rings is 1. The number of aromatic nitrogens is 3. The Morgan fingerprint density at radius 3 is 2.59 bits per heavy atom. The summed E-state index contributed by atoms with van der Waals surface area (Å²) in [5.41, 5.74) is 1.61. The maximum atomic E-state index is 12.9. The highest BCUT2D eigenvalue weighted by atomic mass is 32.2. The van der Waals surface area contributed by atoms with Gasteiger partial charge in [0.15, 0.2) is 9.34 Å². The number of carbonyl (C=O) groups is 2. The van der Waals surface area contributed by atoms with Gasteiger partial charge in [-0.3, -0.25) is 14.3 Å². The van der Waals surface area contributed by atoms with Crippen molar-refractivity contribution in [2.45, 2.75) is 36.9 Å². The van der Waals surface area contributed by atoms with E-state index in [4.69, 9.17) is 0 Å². The summed E-state index contributed by atoms with van der Waals surface area (Å²) in [6.45, 7) is 3.24. The van der Waals surface area contributed by atoms with Crippen LogP contribution in [-0.4, -0.2) is 70.4 Å². The van der Waals surface area contributed by atoms with Crippen molar-refractivity contribution in [3.8, 4) is 0 Å². The zero-order valence-electron chi connectivity index (χ0n) is 16.0. The predicted molar refractivity (Wildman–Crippen MR) is 106 cm³/mol. The Labute approximate surface area is 172 Å². The van der Waals surface area contributed by atoms with Gasteiger partial charge in [0.25, 0.3) is 15.9 Å². The highest BCUT2D eigenvalue weighted by Gasteiger charge is 2.33. The first-order chi connectivity index (χ1) is 13.9. The largest absolute Gasteiger partial charge is 0.336 e. The number of nitrogens with one attached hydrogen (secondary N) is 1. The van der Waals surface area contributed by atoms with Crippen LogP contribution < -0.4 is 5.32 Å². The second kappa shape index (κ2) is 7.84. The van der Waals surface area contributed by atoms with E-state index in [1.54, 1.807) is 11.1 Å². The van der Waals surface area contributed by atoms with Gasteiger partial charge >= 0.3 is 0 Å². The summed E-state index contributed by atoms with van der Waals surface area (Å²) in [6, 6.07) is 0. The molecular formula is C17H22N6O4S2. The van der Waals surface area contributed by atoms with Crippen molar-refractivity contribution >= 4 is 38.3 Å². The number of rotatable bonds is 4. The van der Waals surface area contributed by atoms with E-state index in [9.17, 15) is 18.0 Å². The normalized spacial score (nSPS) is 17.8. The molecule has 2 aromatic heterocycles. The molecule has 0 spiro atoms. The molecule has 0 aliphatic carbocycles. The average Bonchev–Trinajstić information content (AvgIpc) is 3.34. The second-order valence-electron chi connectivity index (χ2n) is 7.05. The van der Waals surface area contributed by atoms with Crippen LogP contribution in [0.5, 0.6) is 0 Å². The molecular weight excluding hydrogens is 416 g/mol. The Balaban J connectivity index is 1.42. The molecule has 0 atom stereocenters. The SMILES string of the molecule is CC(=O)Nc1ncc(S(=O)(=O)N2CCN(C(=O)c3cnn4c3CCCC4)CC2)s1. The van der Waals surface area contributed by atoms with E-state index in [0.717, 1.165) is 42.8 Å². The average molecular weight is 439 g/mol. The molecule has 12 heteroatoms. The molecule has 0 bridgehead atoms. The first-order valence-corrected chi connectivity index (χ1v) is 11.7. The quantitative estimate of drug-likeness (QED) is 0.754. The number of sulfonamides is 1. The molecule has 156 valence electrons. The van der Waals surface area contributed by atoms with Gasteiger partial charge in [-0.1, -0.05) is 11.3 Å². The van der Waals surface area contributed by atoms with E-state index in [2.05, 4.69) is 15.4 Å². The monoisotopic (exact) mass is 438 g/mol. The zero-order chi connectivity index (χ0) is 20.6. The smallest absolute Gasteiger partial charge is 0.257 e. The van der Waals surface area contributed by atoms with Gasteiger partial charge < -0.3 is 10.2 Å². The summed E-state index contributed by atoms with van der Waals surface area (Å²) in [5.74, 6) is -0.395. The van der Waals surface area contributed by atoms with Gasteiger partial charge in [-0.05, 0) is 19.3 Å². The number of nitrogens with zero attached hydrogens (tertiary/aromatic N) is 5. The molecule has 2 amide bonds. The third kappa shape index (κ3) is 3.91. The number of fused-ring (bicyclic) bond motifs is 1. The van der Waals surface area contributed by atoms with Crippen molar-refractivity contribution in [1.29, 1.82) is 0 Å². The summed E-state index contributed by atoms with van der Waals surface area (Å²) in [4.78, 5) is 29.7. The van der Waals surface area contributed by atoms with Gasteiger partial charge in [0.1, 0.15) is 0 Å². The Hall–Kier alpha value is -2.31. The molecule has 29 heavy (non-hydrogen) atoms. The number of hydrogen-bond acceptors (Lipinski definition) is 7. The van der Waals surface area contributed by atoms with Crippen LogP contribution in [0.3, 0.4) is 0 Å². The van der Waals surface area contributed by atoms with E-state index < -0.39 is 10.0 Å². The number of anilines is 1. The Morgan fingerprint density at radius 1 is 1.10 bits per heavy atom. The van der Waals surface area contributed by atoms with Crippen LogP contribution in [0.4, 0.5) is 5.13 Å². The molecule has 0 saturated carbocycles. The van der Waals surface area contributed by atoms with Gasteiger partial charge in [0.05, 0.1) is 23.7 Å². The standard InChI is InChI=1S/C17H22N6O4S2/c1-12(24)20-17-18-11-15(28-17)29(26,27)22-8-6-21(7-9-22)16(25)13-10-19-23-5-3-2-4-14(13)23/h10-11H,2-9H2,1H3,(H,18,20,24). The van der Waals surface area contributed by atoms with Crippen LogP contribution in [0.2, 0.25) is 0 Å². The molecule has 0 unspecified atom stereocenters. The lowest BCUT2D eigenvalue weighted by Gasteiger charge is -2.33. The predicted octanol–water partition coefficient (Wildman–Crippen LogP) is 0.781. The van der Waals surface area contributed by atoms with Crippen molar-refractivity contribution in [2.24, 2.45) is 0 Å². The van der Waals surface area contributed by atoms with Crippen molar-refractivity contribution < 1.29 is 18.0 Å². The molecule has 0 aromatic carbocycles. The molecule has 1 fully saturated rings. The summed E-state index contributed by atoms with van der Waals surface area (Å²) >= 11 is 0.918. The number of aryl methyl sites for hydroxylation is 1. The maximum absolute atomic E-state index is 12.9. The summed E-state index contributed by atoms with van der Waals surface area (Å²) in [7, 11) is -3.71. The number of hydrogen-bond donors (Lipinski definition) is 1. The molecule has 2 aromatic rings. The lowest BCUT2D eigenvalue weighted by molar-refractivity contribution is -0.114. The number of amides is 2. The molecule has 0 radical (unpaired) electrons. The van der Waals surface area contributed by atoms with Crippen LogP contribution >= 0.6 is 11.3 Å². The van der Waals surface area contributed by atoms with Crippen LogP contribution in [0, 0.1) is 0 Å². The van der Waals surface area contributed by atoms with Crippen LogP contribution in [0.25, 0.3) is 0 Å². The Morgan fingerprint density at radius 2 is 1.86 bits per heavy atom. The topological polar surface area (TPSA) is 117 Å². The third-order valence-corrected chi connectivity index (χ3v) is 8.35. The van der Waals surface area contributed by atoms with E-state index in [-0.39, 0.29) is 34.2 Å².